The van der Waals surface area contributed by atoms with Crippen LogP contribution < -0.4 is 10.5 Å². The molecular weight excluding hydrogens is 268 g/mol. The second-order valence-electron chi connectivity index (χ2n) is 4.92. The number of benzene rings is 1. The van der Waals surface area contributed by atoms with Crippen molar-refractivity contribution < 1.29 is 4.74 Å². The molecule has 1 aromatic heterocycles. The van der Waals surface area contributed by atoms with Crippen LogP contribution in [0.2, 0.25) is 0 Å². The molecule has 0 unspecified atom stereocenters. The van der Waals surface area contributed by atoms with Crippen LogP contribution in [0.25, 0.3) is 11.3 Å². The third kappa shape index (κ3) is 2.86. The number of nitrogens with two attached hydrogens (primary N) is 1. The van der Waals surface area contributed by atoms with Crippen molar-refractivity contribution in [3.05, 3.63) is 33.1 Å². The number of aryl methyl sites for hydroxylation is 1. The predicted molar refractivity (Wildman–Crippen MR) is 85.7 cm³/mol. The van der Waals surface area contributed by atoms with Gasteiger partial charge in [-0.25, -0.2) is 4.98 Å². The average Bonchev–Trinajstić information content (AvgIpc) is 2.88. The molecule has 0 saturated carbocycles. The second kappa shape index (κ2) is 6.37. The summed E-state index contributed by atoms with van der Waals surface area (Å²) in [6, 6.07) is 2.18. The van der Waals surface area contributed by atoms with E-state index in [4.69, 9.17) is 10.5 Å². The number of hydrogen-bond acceptors (Lipinski definition) is 4. The Kier molecular flexibility index (Phi) is 4.78. The molecule has 4 heteroatoms. The molecule has 1 heterocycles. The fraction of sp³-hybridized carbons (Fsp3) is 0.438. The van der Waals surface area contributed by atoms with Crippen LogP contribution in [0.3, 0.4) is 0 Å². The van der Waals surface area contributed by atoms with Gasteiger partial charge in [-0.2, -0.15) is 0 Å². The van der Waals surface area contributed by atoms with Gasteiger partial charge in [0.15, 0.2) is 0 Å². The van der Waals surface area contributed by atoms with Crippen LogP contribution in [0.5, 0.6) is 5.75 Å². The lowest BCUT2D eigenvalue weighted by Crippen LogP contribution is -2.02. The van der Waals surface area contributed by atoms with Gasteiger partial charge < -0.3 is 10.5 Å². The zero-order valence-electron chi connectivity index (χ0n) is 12.6. The molecule has 0 saturated heterocycles. The van der Waals surface area contributed by atoms with Crippen molar-refractivity contribution in [2.45, 2.75) is 34.1 Å². The van der Waals surface area contributed by atoms with E-state index in [1.807, 2.05) is 6.92 Å². The van der Waals surface area contributed by atoms with Gasteiger partial charge in [0, 0.05) is 17.4 Å². The summed E-state index contributed by atoms with van der Waals surface area (Å²) in [5.41, 5.74) is 11.4. The normalized spacial score (nSPS) is 10.8. The van der Waals surface area contributed by atoms with Crippen molar-refractivity contribution in [1.29, 1.82) is 0 Å². The van der Waals surface area contributed by atoms with E-state index >= 15 is 0 Å². The smallest absolute Gasteiger partial charge is 0.125 e. The highest BCUT2D eigenvalue weighted by Crippen LogP contribution is 2.34. The monoisotopic (exact) mass is 290 g/mol. The summed E-state index contributed by atoms with van der Waals surface area (Å²) in [5, 5.41) is 3.22. The number of ether oxygens (including phenoxy) is 1. The first-order valence-electron chi connectivity index (χ1n) is 6.96. The van der Waals surface area contributed by atoms with E-state index in [9.17, 15) is 0 Å². The van der Waals surface area contributed by atoms with Crippen molar-refractivity contribution in [2.24, 2.45) is 5.73 Å². The van der Waals surface area contributed by atoms with Gasteiger partial charge in [-0.1, -0.05) is 0 Å². The first-order chi connectivity index (χ1) is 9.58. The number of aromatic nitrogens is 1. The molecule has 1 aromatic carbocycles. The molecule has 108 valence electrons. The molecule has 20 heavy (non-hydrogen) atoms. The largest absolute Gasteiger partial charge is 0.493 e. The first-order valence-corrected chi connectivity index (χ1v) is 7.84. The highest BCUT2D eigenvalue weighted by molar-refractivity contribution is 7.09. The maximum absolute atomic E-state index is 5.75. The molecule has 0 radical (unpaired) electrons. The van der Waals surface area contributed by atoms with E-state index in [2.05, 4.69) is 37.2 Å². The van der Waals surface area contributed by atoms with Gasteiger partial charge >= 0.3 is 0 Å². The van der Waals surface area contributed by atoms with E-state index in [1.165, 1.54) is 22.3 Å². The quantitative estimate of drug-likeness (QED) is 0.914. The molecule has 2 N–H and O–H groups in total. The minimum absolute atomic E-state index is 0.646. The van der Waals surface area contributed by atoms with Gasteiger partial charge in [-0.15, -0.1) is 11.3 Å². The van der Waals surface area contributed by atoms with Crippen LogP contribution in [0.15, 0.2) is 11.4 Å². The molecule has 0 aliphatic heterocycles. The van der Waals surface area contributed by atoms with Crippen LogP contribution in [0.4, 0.5) is 0 Å². The number of rotatable bonds is 5. The molecule has 0 spiro atoms. The minimum Gasteiger partial charge on any atom is -0.493 e. The van der Waals surface area contributed by atoms with Gasteiger partial charge in [0.2, 0.25) is 0 Å². The third-order valence-electron chi connectivity index (χ3n) is 3.50. The average molecular weight is 290 g/mol. The highest BCUT2D eigenvalue weighted by Gasteiger charge is 2.14. The van der Waals surface area contributed by atoms with Gasteiger partial charge in [0.05, 0.1) is 17.3 Å². The summed E-state index contributed by atoms with van der Waals surface area (Å²) in [4.78, 5) is 4.69. The minimum atomic E-state index is 0.646. The first kappa shape index (κ1) is 15.0. The Morgan fingerprint density at radius 2 is 2.00 bits per heavy atom. The van der Waals surface area contributed by atoms with Crippen LogP contribution in [0.1, 0.15) is 28.6 Å². The number of nitrogens with zero attached hydrogens (tertiary/aromatic N) is 1. The SMILES string of the molecule is CCOc1c(C)cc(-c2csc(CCN)n2)c(C)c1C. The van der Waals surface area contributed by atoms with E-state index in [0.717, 1.165) is 22.9 Å². The van der Waals surface area contributed by atoms with Gasteiger partial charge in [-0.3, -0.25) is 0 Å². The van der Waals surface area contributed by atoms with E-state index in [-0.39, 0.29) is 0 Å². The Morgan fingerprint density at radius 1 is 1.25 bits per heavy atom. The molecule has 2 rings (SSSR count). The van der Waals surface area contributed by atoms with Crippen molar-refractivity contribution in [3.63, 3.8) is 0 Å². The van der Waals surface area contributed by atoms with E-state index in [0.29, 0.717) is 13.2 Å². The van der Waals surface area contributed by atoms with Crippen LogP contribution in [-0.2, 0) is 6.42 Å². The summed E-state index contributed by atoms with van der Waals surface area (Å²) in [7, 11) is 0. The highest BCUT2D eigenvalue weighted by atomic mass is 32.1. The van der Waals surface area contributed by atoms with Crippen molar-refractivity contribution in [1.82, 2.24) is 4.98 Å². The molecule has 2 aromatic rings. The summed E-state index contributed by atoms with van der Waals surface area (Å²) in [5.74, 6) is 1.01. The zero-order chi connectivity index (χ0) is 14.7. The fourth-order valence-corrected chi connectivity index (χ4v) is 3.18. The molecule has 0 amide bonds. The topological polar surface area (TPSA) is 48.1 Å². The lowest BCUT2D eigenvalue weighted by molar-refractivity contribution is 0.335. The maximum atomic E-state index is 5.75. The zero-order valence-corrected chi connectivity index (χ0v) is 13.4. The molecule has 0 aliphatic rings. The van der Waals surface area contributed by atoms with Gasteiger partial charge in [-0.05, 0) is 57.0 Å². The van der Waals surface area contributed by atoms with Gasteiger partial charge in [0.25, 0.3) is 0 Å². The summed E-state index contributed by atoms with van der Waals surface area (Å²) >= 11 is 1.68. The predicted octanol–water partition coefficient (Wildman–Crippen LogP) is 3.64. The lowest BCUT2D eigenvalue weighted by atomic mass is 9.97. The molecule has 3 nitrogen and oxygen atoms in total. The molecule has 0 aliphatic carbocycles. The molecule has 0 fully saturated rings. The summed E-state index contributed by atoms with van der Waals surface area (Å²) in [6.45, 7) is 9.69. The second-order valence-corrected chi connectivity index (χ2v) is 5.86. The number of hydrogen-bond donors (Lipinski definition) is 1. The summed E-state index contributed by atoms with van der Waals surface area (Å²) in [6.07, 6.45) is 0.846. The Morgan fingerprint density at radius 3 is 2.65 bits per heavy atom. The fourth-order valence-electron chi connectivity index (χ4n) is 2.36. The standard InChI is InChI=1S/C16H22N2OS/c1-5-19-16-10(2)8-13(11(3)12(16)4)14-9-20-15(18-14)6-7-17/h8-9H,5-7,17H2,1-4H3. The van der Waals surface area contributed by atoms with Crippen LogP contribution in [-0.4, -0.2) is 18.1 Å². The Hall–Kier alpha value is -1.39. The van der Waals surface area contributed by atoms with Crippen LogP contribution in [0, 0.1) is 20.8 Å². The number of thiazole rings is 1. The molecule has 0 bridgehead atoms. The van der Waals surface area contributed by atoms with E-state index < -0.39 is 0 Å². The Balaban J connectivity index is 2.46. The maximum Gasteiger partial charge on any atom is 0.125 e. The molecular formula is C16H22N2OS. The Bertz CT molecular complexity index is 605. The van der Waals surface area contributed by atoms with Crippen LogP contribution >= 0.6 is 11.3 Å². The van der Waals surface area contributed by atoms with Crippen molar-refractivity contribution in [2.75, 3.05) is 13.2 Å². The Labute approximate surface area is 124 Å². The van der Waals surface area contributed by atoms with Gasteiger partial charge in [0.1, 0.15) is 5.75 Å². The molecule has 0 atom stereocenters. The van der Waals surface area contributed by atoms with Crippen molar-refractivity contribution in [3.8, 4) is 17.0 Å². The van der Waals surface area contributed by atoms with E-state index in [1.54, 1.807) is 11.3 Å². The third-order valence-corrected chi connectivity index (χ3v) is 4.41. The lowest BCUT2D eigenvalue weighted by Gasteiger charge is -2.15. The van der Waals surface area contributed by atoms with Crippen molar-refractivity contribution >= 4 is 11.3 Å². The summed E-state index contributed by atoms with van der Waals surface area (Å²) < 4.78 is 5.75.